The van der Waals surface area contributed by atoms with Crippen LogP contribution in [-0.2, 0) is 4.79 Å². The Hall–Kier alpha value is -1.82. The molecule has 1 saturated carbocycles. The molecule has 1 aromatic heterocycles. The minimum Gasteiger partial charge on any atom is -0.411 e. The van der Waals surface area contributed by atoms with E-state index < -0.39 is 0 Å². The number of carbonyl (C=O) groups is 1. The van der Waals surface area contributed by atoms with Crippen LogP contribution in [0, 0.1) is 19.8 Å². The Morgan fingerprint density at radius 2 is 2.13 bits per heavy atom. The van der Waals surface area contributed by atoms with E-state index in [1.54, 1.807) is 0 Å². The summed E-state index contributed by atoms with van der Waals surface area (Å²) in [5, 5.41) is 11.5. The number of thioether (sulfide) groups is 1. The number of amides is 1. The van der Waals surface area contributed by atoms with E-state index in [2.05, 4.69) is 36.3 Å². The van der Waals surface area contributed by atoms with E-state index >= 15 is 0 Å². The number of benzene rings is 1. The number of aromatic nitrogens is 2. The second-order valence-corrected chi connectivity index (χ2v) is 7.08. The molecule has 0 unspecified atom stereocenters. The maximum Gasteiger partial charge on any atom is 0.277 e. The molecule has 122 valence electrons. The van der Waals surface area contributed by atoms with Gasteiger partial charge in [-0.05, 0) is 62.8 Å². The van der Waals surface area contributed by atoms with Crippen LogP contribution in [0.4, 0.5) is 0 Å². The molecule has 0 radical (unpaired) electrons. The van der Waals surface area contributed by atoms with Crippen molar-refractivity contribution in [2.24, 2.45) is 5.92 Å². The fraction of sp³-hybridized carbons (Fsp3) is 0.471. The lowest BCUT2D eigenvalue weighted by molar-refractivity contribution is -0.119. The standard InChI is InChI=1S/C17H21N3O2S/c1-10-4-5-14(8-11(10)2)16-19-20-17(22-16)23-9-15(21)18-12(3)13-6-7-13/h4-5,8,12-13H,6-7,9H2,1-3H3,(H,18,21)/t12-/m1/s1. The van der Waals surface area contributed by atoms with Gasteiger partial charge in [0.25, 0.3) is 5.22 Å². The Kier molecular flexibility index (Phi) is 4.71. The third-order valence-corrected chi connectivity index (χ3v) is 5.02. The summed E-state index contributed by atoms with van der Waals surface area (Å²) in [6, 6.07) is 6.29. The molecular formula is C17H21N3O2S. The quantitative estimate of drug-likeness (QED) is 0.822. The highest BCUT2D eigenvalue weighted by molar-refractivity contribution is 7.99. The first-order chi connectivity index (χ1) is 11.0. The number of nitrogens with one attached hydrogen (secondary N) is 1. The van der Waals surface area contributed by atoms with Crippen molar-refractivity contribution >= 4 is 17.7 Å². The SMILES string of the molecule is Cc1ccc(-c2nnc(SCC(=O)N[C@H](C)C3CC3)o2)cc1C. The summed E-state index contributed by atoms with van der Waals surface area (Å²) in [6.45, 7) is 6.18. The number of hydrogen-bond donors (Lipinski definition) is 1. The van der Waals surface area contributed by atoms with Crippen molar-refractivity contribution in [2.45, 2.75) is 44.9 Å². The summed E-state index contributed by atoms with van der Waals surface area (Å²) < 4.78 is 5.64. The van der Waals surface area contributed by atoms with E-state index in [9.17, 15) is 4.79 Å². The molecule has 0 spiro atoms. The Morgan fingerprint density at radius 3 is 2.83 bits per heavy atom. The van der Waals surface area contributed by atoms with Crippen LogP contribution < -0.4 is 5.32 Å². The smallest absolute Gasteiger partial charge is 0.277 e. The van der Waals surface area contributed by atoms with Gasteiger partial charge in [-0.3, -0.25) is 4.79 Å². The van der Waals surface area contributed by atoms with Crippen molar-refractivity contribution in [3.05, 3.63) is 29.3 Å². The molecule has 2 aromatic rings. The first-order valence-corrected chi connectivity index (χ1v) is 8.85. The van der Waals surface area contributed by atoms with Gasteiger partial charge in [0.15, 0.2) is 0 Å². The Morgan fingerprint density at radius 1 is 1.35 bits per heavy atom. The summed E-state index contributed by atoms with van der Waals surface area (Å²) in [6.07, 6.45) is 2.44. The molecule has 1 heterocycles. The van der Waals surface area contributed by atoms with E-state index in [1.165, 1.54) is 35.7 Å². The Labute approximate surface area is 140 Å². The molecule has 1 aromatic carbocycles. The summed E-state index contributed by atoms with van der Waals surface area (Å²) >= 11 is 1.27. The number of aryl methyl sites for hydroxylation is 2. The predicted molar refractivity (Wildman–Crippen MR) is 90.3 cm³/mol. The van der Waals surface area contributed by atoms with Crippen LogP contribution in [0.5, 0.6) is 0 Å². The molecule has 1 atom stereocenters. The van der Waals surface area contributed by atoms with Crippen LogP contribution in [0.15, 0.2) is 27.8 Å². The van der Waals surface area contributed by atoms with Crippen molar-refractivity contribution in [1.29, 1.82) is 0 Å². The average molecular weight is 331 g/mol. The van der Waals surface area contributed by atoms with Gasteiger partial charge in [-0.25, -0.2) is 0 Å². The lowest BCUT2D eigenvalue weighted by Crippen LogP contribution is -2.35. The number of hydrogen-bond acceptors (Lipinski definition) is 5. The molecule has 1 aliphatic carbocycles. The summed E-state index contributed by atoms with van der Waals surface area (Å²) in [5.41, 5.74) is 3.31. The number of rotatable bonds is 6. The van der Waals surface area contributed by atoms with Gasteiger partial charge < -0.3 is 9.73 Å². The third-order valence-electron chi connectivity index (χ3n) is 4.20. The van der Waals surface area contributed by atoms with E-state index in [-0.39, 0.29) is 11.9 Å². The fourth-order valence-corrected chi connectivity index (χ4v) is 2.97. The summed E-state index contributed by atoms with van der Waals surface area (Å²) in [5.74, 6) is 1.46. The molecule has 0 saturated heterocycles. The molecule has 0 bridgehead atoms. The van der Waals surface area contributed by atoms with Crippen LogP contribution in [0.2, 0.25) is 0 Å². The van der Waals surface area contributed by atoms with Crippen molar-refractivity contribution in [3.8, 4) is 11.5 Å². The second-order valence-electron chi connectivity index (χ2n) is 6.15. The molecule has 1 amide bonds. The normalized spacial score (nSPS) is 15.4. The fourth-order valence-electron chi connectivity index (χ4n) is 2.40. The van der Waals surface area contributed by atoms with Crippen LogP contribution >= 0.6 is 11.8 Å². The maximum atomic E-state index is 11.9. The molecule has 6 heteroatoms. The topological polar surface area (TPSA) is 68.0 Å². The molecule has 3 rings (SSSR count). The zero-order valence-electron chi connectivity index (χ0n) is 13.6. The molecule has 23 heavy (non-hydrogen) atoms. The van der Waals surface area contributed by atoms with Gasteiger partial charge in [0.05, 0.1) is 5.75 Å². The molecule has 1 aliphatic rings. The van der Waals surface area contributed by atoms with Crippen molar-refractivity contribution < 1.29 is 9.21 Å². The molecule has 5 nitrogen and oxygen atoms in total. The van der Waals surface area contributed by atoms with Gasteiger partial charge in [0.1, 0.15) is 0 Å². The minimum absolute atomic E-state index is 0.0142. The Bertz CT molecular complexity index is 710. The highest BCUT2D eigenvalue weighted by Crippen LogP contribution is 2.32. The van der Waals surface area contributed by atoms with Gasteiger partial charge in [0, 0.05) is 11.6 Å². The first kappa shape index (κ1) is 16.1. The second kappa shape index (κ2) is 6.74. The number of carbonyl (C=O) groups excluding carboxylic acids is 1. The van der Waals surface area contributed by atoms with E-state index in [4.69, 9.17) is 4.42 Å². The molecule has 1 N–H and O–H groups in total. The maximum absolute atomic E-state index is 11.9. The molecule has 0 aliphatic heterocycles. The minimum atomic E-state index is 0.0142. The van der Waals surface area contributed by atoms with Gasteiger partial charge in [0.2, 0.25) is 11.8 Å². The molecule has 1 fully saturated rings. The monoisotopic (exact) mass is 331 g/mol. The average Bonchev–Trinajstić information content (AvgIpc) is 3.27. The molecular weight excluding hydrogens is 310 g/mol. The summed E-state index contributed by atoms with van der Waals surface area (Å²) in [7, 11) is 0. The Balaban J connectivity index is 1.56. The third kappa shape index (κ3) is 4.13. The van der Waals surface area contributed by atoms with E-state index in [0.717, 1.165) is 5.56 Å². The summed E-state index contributed by atoms with van der Waals surface area (Å²) in [4.78, 5) is 11.9. The van der Waals surface area contributed by atoms with Crippen LogP contribution in [0.3, 0.4) is 0 Å². The van der Waals surface area contributed by atoms with Crippen molar-refractivity contribution in [2.75, 3.05) is 5.75 Å². The van der Waals surface area contributed by atoms with Gasteiger partial charge in [-0.2, -0.15) is 0 Å². The van der Waals surface area contributed by atoms with E-state index in [1.807, 2.05) is 18.2 Å². The lowest BCUT2D eigenvalue weighted by Gasteiger charge is -2.11. The van der Waals surface area contributed by atoms with Crippen molar-refractivity contribution in [1.82, 2.24) is 15.5 Å². The first-order valence-electron chi connectivity index (χ1n) is 7.86. The van der Waals surface area contributed by atoms with Gasteiger partial charge >= 0.3 is 0 Å². The van der Waals surface area contributed by atoms with Gasteiger partial charge in [-0.1, -0.05) is 17.8 Å². The van der Waals surface area contributed by atoms with Crippen LogP contribution in [-0.4, -0.2) is 27.9 Å². The zero-order valence-corrected chi connectivity index (χ0v) is 14.4. The van der Waals surface area contributed by atoms with Gasteiger partial charge in [-0.15, -0.1) is 10.2 Å². The zero-order chi connectivity index (χ0) is 16.4. The highest BCUT2D eigenvalue weighted by Gasteiger charge is 2.28. The van der Waals surface area contributed by atoms with Crippen LogP contribution in [0.25, 0.3) is 11.5 Å². The number of nitrogens with zero attached hydrogens (tertiary/aromatic N) is 2. The lowest BCUT2D eigenvalue weighted by atomic mass is 10.1. The van der Waals surface area contributed by atoms with Crippen LogP contribution in [0.1, 0.15) is 30.9 Å². The largest absolute Gasteiger partial charge is 0.411 e. The predicted octanol–water partition coefficient (Wildman–Crippen LogP) is 3.36. The highest BCUT2D eigenvalue weighted by atomic mass is 32.2. The van der Waals surface area contributed by atoms with E-state index in [0.29, 0.717) is 22.8 Å². The van der Waals surface area contributed by atoms with Crippen molar-refractivity contribution in [3.63, 3.8) is 0 Å².